The van der Waals surface area contributed by atoms with Crippen LogP contribution in [0, 0.1) is 28.9 Å². The number of esters is 2. The fourth-order valence-corrected chi connectivity index (χ4v) is 4.04. The third-order valence-corrected chi connectivity index (χ3v) is 5.65. The number of hydrogen-bond donors (Lipinski definition) is 1. The van der Waals surface area contributed by atoms with Crippen molar-refractivity contribution in [2.24, 2.45) is 0 Å². The van der Waals surface area contributed by atoms with E-state index in [0.29, 0.717) is 12.1 Å². The summed E-state index contributed by atoms with van der Waals surface area (Å²) in [6, 6.07) is 6.98. The number of phenols is 1. The lowest BCUT2D eigenvalue weighted by molar-refractivity contribution is -0.384. The number of aromatic hydroxyl groups is 1. The fraction of sp³-hybridized carbons (Fsp3) is 0.385. The predicted molar refractivity (Wildman–Crippen MR) is 129 cm³/mol. The van der Waals surface area contributed by atoms with Crippen molar-refractivity contribution in [2.75, 3.05) is 27.2 Å². The number of nitro groups is 1. The molecule has 0 bridgehead atoms. The molecule has 1 aliphatic carbocycles. The van der Waals surface area contributed by atoms with Crippen LogP contribution in [0.2, 0.25) is 0 Å². The zero-order valence-corrected chi connectivity index (χ0v) is 20.0. The number of carbonyl (C=O) groups excluding carboxylic acids is 2. The second kappa shape index (κ2) is 11.5. The van der Waals surface area contributed by atoms with E-state index in [9.17, 15) is 24.8 Å². The zero-order chi connectivity index (χ0) is 25.5. The van der Waals surface area contributed by atoms with Crippen molar-refractivity contribution < 1.29 is 29.1 Å². The van der Waals surface area contributed by atoms with Crippen LogP contribution < -0.4 is 0 Å². The summed E-state index contributed by atoms with van der Waals surface area (Å²) in [5.74, 6) is 3.42. The maximum absolute atomic E-state index is 13.3. The van der Waals surface area contributed by atoms with Crippen LogP contribution in [0.3, 0.4) is 0 Å². The summed E-state index contributed by atoms with van der Waals surface area (Å²) in [6.45, 7) is 1.79. The van der Waals surface area contributed by atoms with Crippen molar-refractivity contribution in [3.63, 3.8) is 0 Å². The summed E-state index contributed by atoms with van der Waals surface area (Å²) in [6.07, 6.45) is 3.07. The van der Waals surface area contributed by atoms with E-state index >= 15 is 0 Å². The summed E-state index contributed by atoms with van der Waals surface area (Å²) >= 11 is 0. The van der Waals surface area contributed by atoms with E-state index in [0.717, 1.165) is 25.7 Å². The molecule has 35 heavy (non-hydrogen) atoms. The van der Waals surface area contributed by atoms with E-state index in [2.05, 4.69) is 11.8 Å². The van der Waals surface area contributed by atoms with Gasteiger partial charge >= 0.3 is 11.9 Å². The molecule has 184 valence electrons. The molecular weight excluding hydrogens is 452 g/mol. The van der Waals surface area contributed by atoms with Gasteiger partial charge in [-0.15, -0.1) is 0 Å². The summed E-state index contributed by atoms with van der Waals surface area (Å²) in [4.78, 5) is 39.4. The van der Waals surface area contributed by atoms with Crippen molar-refractivity contribution in [1.29, 1.82) is 0 Å². The van der Waals surface area contributed by atoms with Gasteiger partial charge in [-0.25, -0.2) is 9.59 Å². The molecular formula is C26H28N2O7. The summed E-state index contributed by atoms with van der Waals surface area (Å²) in [5.41, 5.74) is -0.468. The summed E-state index contributed by atoms with van der Waals surface area (Å²) in [5, 5.41) is 22.5. The van der Waals surface area contributed by atoms with Gasteiger partial charge in [-0.1, -0.05) is 24.0 Å². The molecule has 0 heterocycles. The topological polar surface area (TPSA) is 119 Å². The second-order valence-corrected chi connectivity index (χ2v) is 8.59. The van der Waals surface area contributed by atoms with Crippen LogP contribution in [0.4, 0.5) is 5.69 Å². The highest BCUT2D eigenvalue weighted by atomic mass is 16.6. The van der Waals surface area contributed by atoms with Crippen LogP contribution in [0.1, 0.15) is 52.0 Å². The van der Waals surface area contributed by atoms with Crippen LogP contribution in [-0.2, 0) is 9.47 Å². The lowest BCUT2D eigenvalue weighted by atomic mass is 9.89. The van der Waals surface area contributed by atoms with Gasteiger partial charge in [-0.2, -0.15) is 0 Å². The minimum absolute atomic E-state index is 0.000476. The third kappa shape index (κ3) is 6.16. The van der Waals surface area contributed by atoms with E-state index < -0.39 is 22.6 Å². The lowest BCUT2D eigenvalue weighted by Gasteiger charge is -2.19. The first-order valence-corrected chi connectivity index (χ1v) is 11.3. The fourth-order valence-electron chi connectivity index (χ4n) is 4.04. The molecule has 0 radical (unpaired) electrons. The molecule has 2 aromatic rings. The van der Waals surface area contributed by atoms with Crippen molar-refractivity contribution in [2.45, 2.75) is 38.7 Å². The predicted octanol–water partition coefficient (Wildman–Crippen LogP) is 4.10. The number of para-hydroxylation sites is 1. The van der Waals surface area contributed by atoms with Crippen molar-refractivity contribution >= 4 is 17.6 Å². The van der Waals surface area contributed by atoms with E-state index in [-0.39, 0.29) is 40.7 Å². The Morgan fingerprint density at radius 2 is 1.83 bits per heavy atom. The van der Waals surface area contributed by atoms with Crippen LogP contribution >= 0.6 is 0 Å². The number of benzene rings is 2. The number of ether oxygens (including phenoxy) is 2. The monoisotopic (exact) mass is 480 g/mol. The molecule has 1 N–H and O–H groups in total. The quantitative estimate of drug-likeness (QED) is 0.272. The standard InChI is InChI=1S/C26H28N2O7/c1-17-16-21(29)24(25(30)34-15-9-8-14-27(2)3)23(19-12-6-7-13-20(19)28(32)33)22(17)26(31)35-18-10-4-5-11-18/h6-7,12-13,16,18,29H,4-5,10-11,14-15H2,1-3H3. The highest BCUT2D eigenvalue weighted by molar-refractivity contribution is 6.09. The molecule has 0 saturated heterocycles. The molecule has 0 spiro atoms. The van der Waals surface area contributed by atoms with Crippen molar-refractivity contribution in [1.82, 2.24) is 4.90 Å². The number of nitrogens with zero attached hydrogens (tertiary/aromatic N) is 2. The average Bonchev–Trinajstić information content (AvgIpc) is 3.30. The molecule has 1 aliphatic rings. The molecule has 1 fully saturated rings. The Balaban J connectivity index is 2.13. The molecule has 9 nitrogen and oxygen atoms in total. The number of nitro benzene ring substituents is 1. The van der Waals surface area contributed by atoms with Gasteiger partial charge in [0.25, 0.3) is 5.69 Å². The van der Waals surface area contributed by atoms with Gasteiger partial charge in [-0.05, 0) is 64.4 Å². The molecule has 0 unspecified atom stereocenters. The van der Waals surface area contributed by atoms with Gasteiger partial charge in [0.05, 0.1) is 22.6 Å². The average molecular weight is 481 g/mol. The van der Waals surface area contributed by atoms with E-state index in [1.165, 1.54) is 24.3 Å². The maximum Gasteiger partial charge on any atom is 0.343 e. The minimum atomic E-state index is -0.954. The van der Waals surface area contributed by atoms with Gasteiger partial charge in [0.2, 0.25) is 0 Å². The molecule has 0 atom stereocenters. The summed E-state index contributed by atoms with van der Waals surface area (Å²) < 4.78 is 10.9. The SMILES string of the molecule is Cc1cc(O)c(C(=O)OCC#CCN(C)C)c(-c2ccccc2[N+](=O)[O-])c1C(=O)OC1CCCC1. The molecule has 2 aromatic carbocycles. The number of carbonyl (C=O) groups is 2. The van der Waals surface area contributed by atoms with Gasteiger partial charge in [0.15, 0.2) is 6.61 Å². The summed E-state index contributed by atoms with van der Waals surface area (Å²) in [7, 11) is 3.69. The second-order valence-electron chi connectivity index (χ2n) is 8.59. The van der Waals surface area contributed by atoms with Crippen LogP contribution in [-0.4, -0.2) is 60.2 Å². The molecule has 0 aromatic heterocycles. The first-order valence-electron chi connectivity index (χ1n) is 11.3. The first kappa shape index (κ1) is 25.7. The van der Waals surface area contributed by atoms with E-state index in [1.807, 2.05) is 19.0 Å². The lowest BCUT2D eigenvalue weighted by Crippen LogP contribution is -2.19. The van der Waals surface area contributed by atoms with Crippen LogP contribution in [0.25, 0.3) is 11.1 Å². The van der Waals surface area contributed by atoms with Crippen LogP contribution in [0.5, 0.6) is 5.75 Å². The minimum Gasteiger partial charge on any atom is -0.507 e. The Hall–Kier alpha value is -3.90. The number of phenolic OH excluding ortho intramolecular Hbond substituents is 1. The normalized spacial score (nSPS) is 13.3. The van der Waals surface area contributed by atoms with Crippen molar-refractivity contribution in [3.8, 4) is 28.7 Å². The van der Waals surface area contributed by atoms with Gasteiger partial charge < -0.3 is 14.6 Å². The molecule has 9 heteroatoms. The Bertz CT molecular complexity index is 1190. The van der Waals surface area contributed by atoms with Gasteiger partial charge in [0.1, 0.15) is 17.4 Å². The molecule has 0 amide bonds. The van der Waals surface area contributed by atoms with E-state index in [1.54, 1.807) is 13.0 Å². The largest absolute Gasteiger partial charge is 0.507 e. The van der Waals surface area contributed by atoms with Crippen LogP contribution in [0.15, 0.2) is 30.3 Å². The van der Waals surface area contributed by atoms with Gasteiger partial charge in [0, 0.05) is 11.6 Å². The zero-order valence-electron chi connectivity index (χ0n) is 20.0. The Kier molecular flexibility index (Phi) is 8.44. The Labute approximate surface area is 203 Å². The number of rotatable bonds is 7. The first-order chi connectivity index (χ1) is 16.7. The van der Waals surface area contributed by atoms with Crippen molar-refractivity contribution in [3.05, 3.63) is 57.1 Å². The molecule has 0 aliphatic heterocycles. The van der Waals surface area contributed by atoms with E-state index in [4.69, 9.17) is 9.47 Å². The maximum atomic E-state index is 13.3. The third-order valence-electron chi connectivity index (χ3n) is 5.65. The smallest absolute Gasteiger partial charge is 0.343 e. The molecule has 3 rings (SSSR count). The number of aryl methyl sites for hydroxylation is 1. The highest BCUT2D eigenvalue weighted by Crippen LogP contribution is 2.41. The Morgan fingerprint density at radius 1 is 1.14 bits per heavy atom. The highest BCUT2D eigenvalue weighted by Gasteiger charge is 2.32. The molecule has 1 saturated carbocycles. The van der Waals surface area contributed by atoms with Gasteiger partial charge in [-0.3, -0.25) is 15.0 Å². The Morgan fingerprint density at radius 3 is 2.49 bits per heavy atom. The number of hydrogen-bond acceptors (Lipinski definition) is 8.